The zero-order valence-electron chi connectivity index (χ0n) is 13.2. The van der Waals surface area contributed by atoms with Gasteiger partial charge in [-0.05, 0) is 38.6 Å². The minimum absolute atomic E-state index is 0.331. The van der Waals surface area contributed by atoms with E-state index in [2.05, 4.69) is 47.9 Å². The van der Waals surface area contributed by atoms with Crippen LogP contribution in [0, 0.1) is 5.92 Å². The van der Waals surface area contributed by atoms with Gasteiger partial charge in [-0.3, -0.25) is 0 Å². The molecular weight excluding hydrogens is 254 g/mol. The van der Waals surface area contributed by atoms with Crippen LogP contribution < -0.4 is 5.32 Å². The number of esters is 1. The van der Waals surface area contributed by atoms with E-state index in [4.69, 9.17) is 0 Å². The highest BCUT2D eigenvalue weighted by molar-refractivity contribution is 5.87. The molecule has 0 aliphatic carbocycles. The third-order valence-electron chi connectivity index (χ3n) is 3.32. The van der Waals surface area contributed by atoms with Crippen LogP contribution >= 0.6 is 0 Å². The third-order valence-corrected chi connectivity index (χ3v) is 3.32. The van der Waals surface area contributed by atoms with Crippen molar-refractivity contribution in [3.05, 3.63) is 23.5 Å². The molecule has 1 rings (SSSR count). The lowest BCUT2D eigenvalue weighted by Crippen LogP contribution is -2.38. The predicted octanol–water partition coefficient (Wildman–Crippen LogP) is 1.87. The summed E-state index contributed by atoms with van der Waals surface area (Å²) in [6.45, 7) is 6.13. The van der Waals surface area contributed by atoms with Crippen molar-refractivity contribution in [2.75, 3.05) is 27.7 Å². The van der Waals surface area contributed by atoms with Crippen LogP contribution in [-0.4, -0.2) is 49.6 Å². The Balaban J connectivity index is 2.42. The Bertz CT molecular complexity index is 413. The van der Waals surface area contributed by atoms with Crippen molar-refractivity contribution >= 4 is 5.97 Å². The van der Waals surface area contributed by atoms with Gasteiger partial charge < -0.3 is 19.9 Å². The van der Waals surface area contributed by atoms with Crippen LogP contribution in [0.1, 0.15) is 36.5 Å². The van der Waals surface area contributed by atoms with E-state index in [0.29, 0.717) is 17.7 Å². The van der Waals surface area contributed by atoms with Crippen LogP contribution in [0.4, 0.5) is 0 Å². The first-order chi connectivity index (χ1) is 9.43. The van der Waals surface area contributed by atoms with E-state index in [1.165, 1.54) is 7.11 Å². The average Bonchev–Trinajstić information content (AvgIpc) is 2.84. The first-order valence-corrected chi connectivity index (χ1v) is 7.07. The zero-order chi connectivity index (χ0) is 15.1. The zero-order valence-corrected chi connectivity index (χ0v) is 13.2. The number of aromatic amines is 1. The Morgan fingerprint density at radius 1 is 1.40 bits per heavy atom. The molecule has 0 amide bonds. The summed E-state index contributed by atoms with van der Waals surface area (Å²) in [6, 6.07) is 4.18. The third kappa shape index (κ3) is 5.35. The molecule has 0 radical (unpaired) electrons. The minimum Gasteiger partial charge on any atom is -0.464 e. The van der Waals surface area contributed by atoms with E-state index in [1.807, 2.05) is 6.07 Å². The molecule has 20 heavy (non-hydrogen) atoms. The van der Waals surface area contributed by atoms with E-state index < -0.39 is 0 Å². The molecule has 0 saturated carbocycles. The summed E-state index contributed by atoms with van der Waals surface area (Å²) >= 11 is 0. The summed E-state index contributed by atoms with van der Waals surface area (Å²) in [6.07, 6.45) is 1.16. The molecular formula is C15H27N3O2. The number of methoxy groups -OCH3 is 1. The maximum Gasteiger partial charge on any atom is 0.354 e. The molecule has 0 aromatic carbocycles. The number of H-pyrrole nitrogens is 1. The maximum absolute atomic E-state index is 11.3. The van der Waals surface area contributed by atoms with Gasteiger partial charge in [0, 0.05) is 24.8 Å². The highest BCUT2D eigenvalue weighted by Crippen LogP contribution is 2.09. The Labute approximate surface area is 121 Å². The van der Waals surface area contributed by atoms with E-state index in [1.54, 1.807) is 6.07 Å². The molecule has 114 valence electrons. The van der Waals surface area contributed by atoms with Crippen LogP contribution in [-0.2, 0) is 11.3 Å². The van der Waals surface area contributed by atoms with Crippen LogP contribution in [0.5, 0.6) is 0 Å². The maximum atomic E-state index is 11.3. The lowest BCUT2D eigenvalue weighted by molar-refractivity contribution is 0.0594. The molecule has 1 unspecified atom stereocenters. The van der Waals surface area contributed by atoms with Gasteiger partial charge in [0.15, 0.2) is 0 Å². The van der Waals surface area contributed by atoms with Gasteiger partial charge in [-0.15, -0.1) is 0 Å². The van der Waals surface area contributed by atoms with Crippen molar-refractivity contribution in [3.63, 3.8) is 0 Å². The second-order valence-corrected chi connectivity index (χ2v) is 5.77. The van der Waals surface area contributed by atoms with Gasteiger partial charge in [-0.2, -0.15) is 0 Å². The number of likely N-dealkylation sites (N-methyl/N-ethyl adjacent to an activating group) is 1. The van der Waals surface area contributed by atoms with Crippen LogP contribution in [0.3, 0.4) is 0 Å². The normalized spacial score (nSPS) is 12.9. The van der Waals surface area contributed by atoms with Crippen molar-refractivity contribution < 1.29 is 9.53 Å². The van der Waals surface area contributed by atoms with Gasteiger partial charge in [0.2, 0.25) is 0 Å². The number of carbonyl (C=O) groups excluding carboxylic acids is 1. The number of carbonyl (C=O) groups is 1. The Morgan fingerprint density at radius 2 is 2.10 bits per heavy atom. The molecule has 0 aliphatic heterocycles. The number of aromatic nitrogens is 1. The van der Waals surface area contributed by atoms with Gasteiger partial charge >= 0.3 is 5.97 Å². The number of hydrogen-bond acceptors (Lipinski definition) is 4. The van der Waals surface area contributed by atoms with Gasteiger partial charge in [-0.1, -0.05) is 13.8 Å². The summed E-state index contributed by atoms with van der Waals surface area (Å²) in [5, 5.41) is 3.43. The summed E-state index contributed by atoms with van der Waals surface area (Å²) in [5.41, 5.74) is 1.49. The standard InChI is InChI=1S/C15H27N3O2/c1-11(2)8-13(18(3)4)10-16-9-12-6-7-14(17-12)15(19)20-5/h6-7,11,13,16-17H,8-10H2,1-5H3. The van der Waals surface area contributed by atoms with Crippen LogP contribution in [0.15, 0.2) is 12.1 Å². The van der Waals surface area contributed by atoms with Crippen molar-refractivity contribution in [3.8, 4) is 0 Å². The molecule has 1 aromatic rings. The Hall–Kier alpha value is -1.33. The number of ether oxygens (including phenoxy) is 1. The molecule has 1 aromatic heterocycles. The first kappa shape index (κ1) is 16.7. The quantitative estimate of drug-likeness (QED) is 0.714. The molecule has 5 heteroatoms. The van der Waals surface area contributed by atoms with Crippen LogP contribution in [0.2, 0.25) is 0 Å². The molecule has 0 bridgehead atoms. The number of hydrogen-bond donors (Lipinski definition) is 2. The number of rotatable bonds is 8. The minimum atomic E-state index is -0.331. The van der Waals surface area contributed by atoms with Gasteiger partial charge in [0.1, 0.15) is 5.69 Å². The van der Waals surface area contributed by atoms with Crippen molar-refractivity contribution in [1.29, 1.82) is 0 Å². The largest absolute Gasteiger partial charge is 0.464 e. The molecule has 0 spiro atoms. The topological polar surface area (TPSA) is 57.4 Å². The SMILES string of the molecule is COC(=O)c1ccc(CNCC(CC(C)C)N(C)C)[nH]1. The molecule has 0 aliphatic rings. The van der Waals surface area contributed by atoms with Gasteiger partial charge in [0.05, 0.1) is 7.11 Å². The van der Waals surface area contributed by atoms with E-state index in [9.17, 15) is 4.79 Å². The van der Waals surface area contributed by atoms with Crippen molar-refractivity contribution in [1.82, 2.24) is 15.2 Å². The number of nitrogens with one attached hydrogen (secondary N) is 2. The summed E-state index contributed by atoms with van der Waals surface area (Å²) in [5.74, 6) is 0.350. The fourth-order valence-corrected chi connectivity index (χ4v) is 2.17. The molecule has 1 atom stereocenters. The summed E-state index contributed by atoms with van der Waals surface area (Å²) in [7, 11) is 5.60. The fourth-order valence-electron chi connectivity index (χ4n) is 2.17. The fraction of sp³-hybridized carbons (Fsp3) is 0.667. The van der Waals surface area contributed by atoms with E-state index in [-0.39, 0.29) is 5.97 Å². The first-order valence-electron chi connectivity index (χ1n) is 7.07. The second-order valence-electron chi connectivity index (χ2n) is 5.77. The molecule has 2 N–H and O–H groups in total. The highest BCUT2D eigenvalue weighted by Gasteiger charge is 2.13. The van der Waals surface area contributed by atoms with Gasteiger partial charge in [-0.25, -0.2) is 4.79 Å². The lowest BCUT2D eigenvalue weighted by Gasteiger charge is -2.26. The van der Waals surface area contributed by atoms with Gasteiger partial charge in [0.25, 0.3) is 0 Å². The predicted molar refractivity (Wildman–Crippen MR) is 80.8 cm³/mol. The monoisotopic (exact) mass is 281 g/mol. The van der Waals surface area contributed by atoms with Crippen molar-refractivity contribution in [2.45, 2.75) is 32.9 Å². The summed E-state index contributed by atoms with van der Waals surface area (Å²) in [4.78, 5) is 16.6. The summed E-state index contributed by atoms with van der Waals surface area (Å²) < 4.78 is 4.67. The van der Waals surface area contributed by atoms with Crippen LogP contribution in [0.25, 0.3) is 0 Å². The highest BCUT2D eigenvalue weighted by atomic mass is 16.5. The van der Waals surface area contributed by atoms with Crippen molar-refractivity contribution in [2.24, 2.45) is 5.92 Å². The Morgan fingerprint density at radius 3 is 2.65 bits per heavy atom. The molecule has 0 fully saturated rings. The second kappa shape index (κ2) is 8.07. The molecule has 1 heterocycles. The molecule has 0 saturated heterocycles. The average molecular weight is 281 g/mol. The molecule has 5 nitrogen and oxygen atoms in total. The lowest BCUT2D eigenvalue weighted by atomic mass is 10.0. The van der Waals surface area contributed by atoms with E-state index in [0.717, 1.165) is 25.2 Å². The number of nitrogens with zero attached hydrogens (tertiary/aromatic N) is 1. The Kier molecular flexibility index (Phi) is 6.75. The van der Waals surface area contributed by atoms with E-state index >= 15 is 0 Å². The smallest absolute Gasteiger partial charge is 0.354 e.